The summed E-state index contributed by atoms with van der Waals surface area (Å²) >= 11 is 0. The minimum Gasteiger partial charge on any atom is -0.492 e. The number of hydrogen-bond donors (Lipinski definition) is 1. The van der Waals surface area contributed by atoms with E-state index >= 15 is 0 Å². The molecule has 40 heavy (non-hydrogen) atoms. The molecular weight excluding hydrogens is 509 g/mol. The van der Waals surface area contributed by atoms with Gasteiger partial charge in [0, 0.05) is 38.0 Å². The molecule has 2 saturated heterocycles. The molecule has 0 bridgehead atoms. The zero-order valence-electron chi connectivity index (χ0n) is 24.0. The molecule has 2 unspecified atom stereocenters. The van der Waals surface area contributed by atoms with E-state index in [-0.39, 0.29) is 29.1 Å². The van der Waals surface area contributed by atoms with Gasteiger partial charge < -0.3 is 24.6 Å². The van der Waals surface area contributed by atoms with Crippen LogP contribution in [0.2, 0.25) is 0 Å². The summed E-state index contributed by atoms with van der Waals surface area (Å²) in [6, 6.07) is 7.90. The second kappa shape index (κ2) is 12.6. The van der Waals surface area contributed by atoms with E-state index in [1.165, 1.54) is 5.56 Å². The Balaban J connectivity index is 1.42. The highest BCUT2D eigenvalue weighted by Crippen LogP contribution is 2.35. The third-order valence-electron chi connectivity index (χ3n) is 7.46. The zero-order valence-corrected chi connectivity index (χ0v) is 24.0. The number of ether oxygens (including phenoxy) is 2. The molecule has 3 heterocycles. The molecule has 4 rings (SSSR count). The minimum absolute atomic E-state index is 0.00339. The van der Waals surface area contributed by atoms with Crippen LogP contribution in [0.15, 0.2) is 67.2 Å². The first-order valence-electron chi connectivity index (χ1n) is 13.7. The molecule has 2 aliphatic heterocycles. The van der Waals surface area contributed by atoms with Crippen molar-refractivity contribution in [3.63, 3.8) is 0 Å². The number of allylic oxidation sites excluding steroid dienone is 2. The van der Waals surface area contributed by atoms with Crippen molar-refractivity contribution in [3.05, 3.63) is 84.2 Å². The monoisotopic (exact) mass is 549 g/mol. The number of carbonyl (C=O) groups excluding carboxylic acids is 1. The van der Waals surface area contributed by atoms with Crippen molar-refractivity contribution >= 4 is 17.7 Å². The summed E-state index contributed by atoms with van der Waals surface area (Å²) in [4.78, 5) is 25.9. The summed E-state index contributed by atoms with van der Waals surface area (Å²) in [7, 11) is 1.60. The van der Waals surface area contributed by atoms with E-state index < -0.39 is 5.82 Å². The second-order valence-electron chi connectivity index (χ2n) is 11.3. The Morgan fingerprint density at radius 3 is 2.58 bits per heavy atom. The van der Waals surface area contributed by atoms with Gasteiger partial charge in [-0.15, -0.1) is 0 Å². The predicted molar refractivity (Wildman–Crippen MR) is 156 cm³/mol. The van der Waals surface area contributed by atoms with E-state index in [2.05, 4.69) is 49.2 Å². The van der Waals surface area contributed by atoms with Crippen molar-refractivity contribution in [1.29, 1.82) is 0 Å². The maximum absolute atomic E-state index is 14.9. The van der Waals surface area contributed by atoms with E-state index in [0.29, 0.717) is 55.8 Å². The Hall–Kier alpha value is -3.72. The highest BCUT2D eigenvalue weighted by atomic mass is 19.1. The van der Waals surface area contributed by atoms with Gasteiger partial charge in [-0.05, 0) is 54.0 Å². The Morgan fingerprint density at radius 2 is 1.88 bits per heavy atom. The predicted octanol–water partition coefficient (Wildman–Crippen LogP) is 5.31. The summed E-state index contributed by atoms with van der Waals surface area (Å²) in [5.74, 6) is 0.825. The summed E-state index contributed by atoms with van der Waals surface area (Å²) in [5.41, 5.74) is 2.39. The molecule has 214 valence electrons. The number of hydrogen-bond acceptors (Lipinski definition) is 7. The number of halogens is 1. The van der Waals surface area contributed by atoms with Gasteiger partial charge in [-0.1, -0.05) is 46.1 Å². The maximum Gasteiger partial charge on any atom is 0.254 e. The van der Waals surface area contributed by atoms with E-state index in [4.69, 9.17) is 9.47 Å². The van der Waals surface area contributed by atoms with Gasteiger partial charge in [0.1, 0.15) is 12.4 Å². The van der Waals surface area contributed by atoms with E-state index in [9.17, 15) is 9.18 Å². The average Bonchev–Trinajstić information content (AvgIpc) is 3.35. The number of nitrogens with one attached hydrogen (secondary N) is 1. The average molecular weight is 550 g/mol. The Bertz CT molecular complexity index is 1250. The van der Waals surface area contributed by atoms with Gasteiger partial charge in [0.05, 0.1) is 18.8 Å². The van der Waals surface area contributed by atoms with Crippen molar-refractivity contribution < 1.29 is 18.7 Å². The molecule has 0 aliphatic carbocycles. The summed E-state index contributed by atoms with van der Waals surface area (Å²) in [6.45, 7) is 17.0. The van der Waals surface area contributed by atoms with Gasteiger partial charge in [-0.2, -0.15) is 4.98 Å². The summed E-state index contributed by atoms with van der Waals surface area (Å²) in [6.07, 6.45) is 6.33. The van der Waals surface area contributed by atoms with Crippen LogP contribution in [0, 0.1) is 11.7 Å². The summed E-state index contributed by atoms with van der Waals surface area (Å²) in [5, 5.41) is 3.00. The number of amides is 1. The van der Waals surface area contributed by atoms with Crippen molar-refractivity contribution in [2.24, 2.45) is 5.92 Å². The fourth-order valence-corrected chi connectivity index (χ4v) is 5.19. The number of piperidine rings is 1. The van der Waals surface area contributed by atoms with Crippen molar-refractivity contribution in [1.82, 2.24) is 14.9 Å². The lowest BCUT2D eigenvalue weighted by Gasteiger charge is -2.39. The first-order valence-corrected chi connectivity index (χ1v) is 13.7. The van der Waals surface area contributed by atoms with Gasteiger partial charge in [0.25, 0.3) is 5.91 Å². The number of likely N-dealkylation sites (tertiary alicyclic amines) is 1. The lowest BCUT2D eigenvalue weighted by atomic mass is 9.86. The topological polar surface area (TPSA) is 79.8 Å². The number of benzene rings is 1. The van der Waals surface area contributed by atoms with E-state index in [0.717, 1.165) is 19.0 Å². The normalized spacial score (nSPS) is 19.0. The molecule has 0 radical (unpaired) electrons. The number of anilines is 2. The molecule has 2 atom stereocenters. The molecular formula is C31H40FN5O3. The van der Waals surface area contributed by atoms with Crippen LogP contribution in [0.25, 0.3) is 0 Å². The number of rotatable bonds is 10. The Morgan fingerprint density at radius 1 is 1.15 bits per heavy atom. The van der Waals surface area contributed by atoms with Gasteiger partial charge in [-0.25, -0.2) is 9.37 Å². The molecule has 0 spiro atoms. The number of nitrogens with zero attached hydrogens (tertiary/aromatic N) is 4. The Kier molecular flexibility index (Phi) is 9.25. The quantitative estimate of drug-likeness (QED) is 0.244. The van der Waals surface area contributed by atoms with E-state index in [1.807, 2.05) is 34.1 Å². The van der Waals surface area contributed by atoms with Gasteiger partial charge in [-0.3, -0.25) is 4.79 Å². The maximum atomic E-state index is 14.9. The minimum atomic E-state index is -0.501. The molecule has 2 aliphatic rings. The molecule has 0 saturated carbocycles. The van der Waals surface area contributed by atoms with Crippen LogP contribution in [-0.2, 0) is 14.9 Å². The van der Waals surface area contributed by atoms with Crippen molar-refractivity contribution in [3.8, 4) is 0 Å². The largest absolute Gasteiger partial charge is 0.492 e. The van der Waals surface area contributed by atoms with Crippen molar-refractivity contribution in [2.75, 3.05) is 50.2 Å². The first kappa shape index (κ1) is 29.3. The van der Waals surface area contributed by atoms with Crippen molar-refractivity contribution in [2.45, 2.75) is 45.1 Å². The van der Waals surface area contributed by atoms with Gasteiger partial charge in [0.2, 0.25) is 5.95 Å². The molecule has 1 N–H and O–H groups in total. The third kappa shape index (κ3) is 7.07. The lowest BCUT2D eigenvalue weighted by molar-refractivity contribution is 0.0712. The van der Waals surface area contributed by atoms with Gasteiger partial charge in [0.15, 0.2) is 11.6 Å². The lowest BCUT2D eigenvalue weighted by Crippen LogP contribution is -2.50. The Labute approximate surface area is 236 Å². The second-order valence-corrected chi connectivity index (χ2v) is 11.3. The molecule has 1 aromatic heterocycles. The highest BCUT2D eigenvalue weighted by molar-refractivity contribution is 5.94. The fourth-order valence-electron chi connectivity index (χ4n) is 5.19. The SMILES string of the molecule is C=C(/C=C\C(=C)OCCOC)Nc1ncc(F)c(N2CCC3CCN(C(=O)c4ccc(C(C)(C)C)cc4)C3C2)n1. The third-order valence-corrected chi connectivity index (χ3v) is 7.46. The number of aromatic nitrogens is 2. The van der Waals surface area contributed by atoms with Crippen LogP contribution in [0.1, 0.15) is 49.5 Å². The number of methoxy groups -OCH3 is 1. The smallest absolute Gasteiger partial charge is 0.254 e. The van der Waals surface area contributed by atoms with Crippen LogP contribution in [0.3, 0.4) is 0 Å². The zero-order chi connectivity index (χ0) is 28.9. The molecule has 1 amide bonds. The van der Waals surface area contributed by atoms with Crippen LogP contribution in [0.4, 0.5) is 16.2 Å². The number of carbonyl (C=O) groups is 1. The molecule has 2 fully saturated rings. The first-order chi connectivity index (χ1) is 19.1. The number of fused-ring (bicyclic) bond motifs is 1. The van der Waals surface area contributed by atoms with Crippen LogP contribution in [0.5, 0.6) is 0 Å². The molecule has 1 aromatic carbocycles. The van der Waals surface area contributed by atoms with Crippen LogP contribution < -0.4 is 10.2 Å². The molecule has 9 heteroatoms. The van der Waals surface area contributed by atoms with Crippen LogP contribution in [-0.4, -0.2) is 66.8 Å². The van der Waals surface area contributed by atoms with Gasteiger partial charge >= 0.3 is 0 Å². The fraction of sp³-hybridized carbons (Fsp3) is 0.452. The summed E-state index contributed by atoms with van der Waals surface area (Å²) < 4.78 is 25.3. The van der Waals surface area contributed by atoms with Crippen LogP contribution >= 0.6 is 0 Å². The standard InChI is InChI=1S/C31H40FN5O3/c1-21(7-8-22(2)40-18-17-39-6)34-30-33-19-26(32)28(35-30)36-15-13-23-14-16-37(27(23)20-36)29(38)24-9-11-25(12-10-24)31(3,4)5/h7-12,19,23,27H,1-2,13-18,20H2,3-6H3,(H,33,34,35)/b8-7-. The molecule has 2 aromatic rings. The molecule has 8 nitrogen and oxygen atoms in total. The highest BCUT2D eigenvalue weighted by Gasteiger charge is 2.41. The van der Waals surface area contributed by atoms with E-state index in [1.54, 1.807) is 19.3 Å².